The van der Waals surface area contributed by atoms with Crippen LogP contribution in [0.25, 0.3) is 0 Å². The number of carbonyl (C=O) groups is 2. The van der Waals surface area contributed by atoms with Crippen LogP contribution < -0.4 is 0 Å². The van der Waals surface area contributed by atoms with Gasteiger partial charge in [0.05, 0.1) is 5.92 Å². The van der Waals surface area contributed by atoms with Crippen molar-refractivity contribution in [1.82, 2.24) is 4.90 Å². The Hall–Kier alpha value is -0.700. The molecular formula is C8H15NO2. The highest BCUT2D eigenvalue weighted by Gasteiger charge is 2.19. The first-order chi connectivity index (χ1) is 4.95. The summed E-state index contributed by atoms with van der Waals surface area (Å²) in [5, 5.41) is 0. The fraction of sp³-hybridized carbons (Fsp3) is 0.750. The van der Waals surface area contributed by atoms with Crippen LogP contribution in [0.2, 0.25) is 0 Å². The minimum Gasteiger partial charge on any atom is -0.308 e. The molecule has 0 radical (unpaired) electrons. The molecule has 0 saturated carbocycles. The highest BCUT2D eigenvalue weighted by atomic mass is 16.1. The number of hydrogen-bond acceptors (Lipinski definition) is 3. The molecule has 0 unspecified atom stereocenters. The molecular weight excluding hydrogens is 142 g/mol. The van der Waals surface area contributed by atoms with Crippen LogP contribution in [0.3, 0.4) is 0 Å². The van der Waals surface area contributed by atoms with Crippen molar-refractivity contribution in [3.05, 3.63) is 0 Å². The molecule has 64 valence electrons. The van der Waals surface area contributed by atoms with E-state index in [0.29, 0.717) is 6.54 Å². The number of rotatable bonds is 4. The zero-order valence-corrected chi connectivity index (χ0v) is 7.55. The van der Waals surface area contributed by atoms with Crippen molar-refractivity contribution in [3.8, 4) is 0 Å². The van der Waals surface area contributed by atoms with E-state index in [1.54, 1.807) is 0 Å². The molecule has 0 fully saturated rings. The molecule has 0 N–H and O–H groups in total. The number of nitrogens with zero attached hydrogens (tertiary/aromatic N) is 1. The van der Waals surface area contributed by atoms with Crippen LogP contribution in [0, 0.1) is 5.92 Å². The molecule has 0 atom stereocenters. The second kappa shape index (κ2) is 4.23. The molecule has 0 aromatic carbocycles. The van der Waals surface area contributed by atoms with E-state index in [9.17, 15) is 9.59 Å². The molecule has 0 aromatic rings. The Morgan fingerprint density at radius 2 is 1.55 bits per heavy atom. The maximum Gasteiger partial charge on any atom is 0.141 e. The van der Waals surface area contributed by atoms with Crippen molar-refractivity contribution < 1.29 is 9.59 Å². The maximum absolute atomic E-state index is 10.9. The van der Waals surface area contributed by atoms with Gasteiger partial charge in [0.2, 0.25) is 0 Å². The van der Waals surface area contributed by atoms with Crippen LogP contribution >= 0.6 is 0 Å². The van der Waals surface area contributed by atoms with Crippen LogP contribution in [-0.4, -0.2) is 37.1 Å². The molecule has 0 aliphatic rings. The molecule has 0 amide bonds. The van der Waals surface area contributed by atoms with Gasteiger partial charge >= 0.3 is 0 Å². The lowest BCUT2D eigenvalue weighted by atomic mass is 10.0. The fourth-order valence-electron chi connectivity index (χ4n) is 0.909. The molecule has 0 aliphatic heterocycles. The van der Waals surface area contributed by atoms with Gasteiger partial charge in [-0.2, -0.15) is 0 Å². The molecule has 0 aliphatic carbocycles. The third-order valence-electron chi connectivity index (χ3n) is 1.53. The lowest BCUT2D eigenvalue weighted by Crippen LogP contribution is -2.31. The van der Waals surface area contributed by atoms with Crippen LogP contribution in [0.4, 0.5) is 0 Å². The lowest BCUT2D eigenvalue weighted by Gasteiger charge is -2.15. The molecule has 0 saturated heterocycles. The number of carbonyl (C=O) groups excluding carboxylic acids is 2. The topological polar surface area (TPSA) is 37.4 Å². The van der Waals surface area contributed by atoms with Gasteiger partial charge < -0.3 is 4.90 Å². The normalized spacial score (nSPS) is 10.7. The van der Waals surface area contributed by atoms with E-state index >= 15 is 0 Å². The Labute approximate surface area is 67.4 Å². The molecule has 3 heteroatoms. The smallest absolute Gasteiger partial charge is 0.141 e. The van der Waals surface area contributed by atoms with E-state index in [4.69, 9.17) is 0 Å². The molecule has 0 rings (SSSR count). The second-order valence-electron chi connectivity index (χ2n) is 3.04. The largest absolute Gasteiger partial charge is 0.308 e. The van der Waals surface area contributed by atoms with Gasteiger partial charge in [0.15, 0.2) is 0 Å². The molecule has 3 nitrogen and oxygen atoms in total. The van der Waals surface area contributed by atoms with Gasteiger partial charge in [-0.25, -0.2) is 0 Å². The summed E-state index contributed by atoms with van der Waals surface area (Å²) in [6.07, 6.45) is 0. The van der Waals surface area contributed by atoms with Gasteiger partial charge in [-0.1, -0.05) is 0 Å². The summed E-state index contributed by atoms with van der Waals surface area (Å²) in [5.74, 6) is -0.539. The zero-order chi connectivity index (χ0) is 9.02. The van der Waals surface area contributed by atoms with Crippen molar-refractivity contribution in [2.24, 2.45) is 5.92 Å². The van der Waals surface area contributed by atoms with Crippen LogP contribution in [0.15, 0.2) is 0 Å². The van der Waals surface area contributed by atoms with Crippen LogP contribution in [0.1, 0.15) is 13.8 Å². The van der Waals surface area contributed by atoms with Gasteiger partial charge in [-0.15, -0.1) is 0 Å². The minimum atomic E-state index is -0.440. The second-order valence-corrected chi connectivity index (χ2v) is 3.04. The van der Waals surface area contributed by atoms with Gasteiger partial charge in [0, 0.05) is 6.54 Å². The van der Waals surface area contributed by atoms with Gasteiger partial charge in [-0.05, 0) is 27.9 Å². The third-order valence-corrected chi connectivity index (χ3v) is 1.53. The van der Waals surface area contributed by atoms with Crippen molar-refractivity contribution in [1.29, 1.82) is 0 Å². The van der Waals surface area contributed by atoms with Gasteiger partial charge in [-0.3, -0.25) is 9.59 Å². The summed E-state index contributed by atoms with van der Waals surface area (Å²) < 4.78 is 0. The SMILES string of the molecule is CC(=O)C(CN(C)C)C(C)=O. The molecule has 11 heavy (non-hydrogen) atoms. The van der Waals surface area contributed by atoms with Gasteiger partial charge in [0.1, 0.15) is 11.6 Å². The Morgan fingerprint density at radius 1 is 1.18 bits per heavy atom. The number of hydrogen-bond donors (Lipinski definition) is 0. The van der Waals surface area contributed by atoms with Crippen molar-refractivity contribution in [2.75, 3.05) is 20.6 Å². The Balaban J connectivity index is 4.12. The quantitative estimate of drug-likeness (QED) is 0.552. The summed E-state index contributed by atoms with van der Waals surface area (Å²) >= 11 is 0. The monoisotopic (exact) mass is 157 g/mol. The average molecular weight is 157 g/mol. The predicted octanol–water partition coefficient (Wildman–Crippen LogP) is 0.342. The molecule has 0 bridgehead atoms. The van der Waals surface area contributed by atoms with E-state index in [1.807, 2.05) is 19.0 Å². The van der Waals surface area contributed by atoms with E-state index in [1.165, 1.54) is 13.8 Å². The summed E-state index contributed by atoms with van der Waals surface area (Å²) in [5.41, 5.74) is 0. The summed E-state index contributed by atoms with van der Waals surface area (Å²) in [4.78, 5) is 23.6. The first kappa shape index (κ1) is 10.3. The van der Waals surface area contributed by atoms with E-state index in [0.717, 1.165) is 0 Å². The van der Waals surface area contributed by atoms with Crippen LogP contribution in [-0.2, 0) is 9.59 Å². The standard InChI is InChI=1S/C8H15NO2/c1-6(10)8(7(2)11)5-9(3)4/h8H,5H2,1-4H3. The highest BCUT2D eigenvalue weighted by Crippen LogP contribution is 2.00. The van der Waals surface area contributed by atoms with E-state index in [2.05, 4.69) is 0 Å². The Bertz CT molecular complexity index is 149. The molecule has 0 aromatic heterocycles. The van der Waals surface area contributed by atoms with Crippen molar-refractivity contribution in [3.63, 3.8) is 0 Å². The fourth-order valence-corrected chi connectivity index (χ4v) is 0.909. The number of Topliss-reactive ketones (excluding diaryl/α,β-unsaturated/α-hetero) is 2. The maximum atomic E-state index is 10.9. The average Bonchev–Trinajstić information content (AvgIpc) is 1.81. The van der Waals surface area contributed by atoms with Crippen molar-refractivity contribution in [2.45, 2.75) is 13.8 Å². The highest BCUT2D eigenvalue weighted by molar-refractivity contribution is 6.00. The first-order valence-electron chi connectivity index (χ1n) is 3.60. The molecule has 0 heterocycles. The van der Waals surface area contributed by atoms with Gasteiger partial charge in [0.25, 0.3) is 0 Å². The summed E-state index contributed by atoms with van der Waals surface area (Å²) in [6, 6.07) is 0. The van der Waals surface area contributed by atoms with E-state index < -0.39 is 5.92 Å². The lowest BCUT2D eigenvalue weighted by molar-refractivity contribution is -0.130. The minimum absolute atomic E-state index is 0.0498. The van der Waals surface area contributed by atoms with Crippen molar-refractivity contribution >= 4 is 11.6 Å². The third kappa shape index (κ3) is 3.88. The van der Waals surface area contributed by atoms with E-state index in [-0.39, 0.29) is 11.6 Å². The summed E-state index contributed by atoms with van der Waals surface area (Å²) in [6.45, 7) is 3.43. The first-order valence-corrected chi connectivity index (χ1v) is 3.60. The predicted molar refractivity (Wildman–Crippen MR) is 43.4 cm³/mol. The zero-order valence-electron chi connectivity index (χ0n) is 7.55. The van der Waals surface area contributed by atoms with Crippen LogP contribution in [0.5, 0.6) is 0 Å². The Morgan fingerprint density at radius 3 is 1.64 bits per heavy atom. The Kier molecular flexibility index (Phi) is 3.97. The molecule has 0 spiro atoms. The number of ketones is 2. The summed E-state index contributed by atoms with van der Waals surface area (Å²) in [7, 11) is 3.69.